The van der Waals surface area contributed by atoms with Gasteiger partial charge in [-0.3, -0.25) is 4.98 Å². The molecule has 0 spiro atoms. The number of aromatic nitrogens is 3. The van der Waals surface area contributed by atoms with Gasteiger partial charge in [-0.25, -0.2) is 0 Å². The first-order valence-corrected chi connectivity index (χ1v) is 8.87. The van der Waals surface area contributed by atoms with Gasteiger partial charge in [-0.15, -0.1) is 5.10 Å². The molecule has 5 heteroatoms. The topological polar surface area (TPSA) is 51.1 Å². The highest BCUT2D eigenvalue weighted by atomic mass is 16.5. The van der Waals surface area contributed by atoms with Gasteiger partial charge in [0.05, 0.1) is 17.8 Å². The highest BCUT2D eigenvalue weighted by Crippen LogP contribution is 2.33. The van der Waals surface area contributed by atoms with E-state index >= 15 is 0 Å². The molecule has 2 aromatic rings. The minimum atomic E-state index is 0.258. The van der Waals surface area contributed by atoms with Crippen LogP contribution in [0.15, 0.2) is 36.7 Å². The Bertz CT molecular complexity index is 657. The Balaban J connectivity index is 1.53. The molecule has 3 heterocycles. The third-order valence-electron chi connectivity index (χ3n) is 4.97. The Kier molecular flexibility index (Phi) is 4.43. The van der Waals surface area contributed by atoms with E-state index in [1.54, 1.807) is 0 Å². The maximum absolute atomic E-state index is 6.28. The quantitative estimate of drug-likeness (QED) is 0.818. The van der Waals surface area contributed by atoms with Gasteiger partial charge >= 0.3 is 0 Å². The molecule has 0 bridgehead atoms. The molecule has 126 valence electrons. The minimum Gasteiger partial charge on any atom is -0.376 e. The lowest BCUT2D eigenvalue weighted by Crippen LogP contribution is -2.39. The van der Waals surface area contributed by atoms with Crippen LogP contribution in [0.4, 0.5) is 5.82 Å². The molecule has 1 aliphatic carbocycles. The standard InChI is InChI=1S/C19H24N4O/c1-14-4-7-19(22-21-14)23-10-8-18(24-13-15-5-6-15)17(23)11-16-3-2-9-20-12-16/h2-4,7,9,12,15,17-18H,5-6,8,10-11,13H2,1H3/t17-,18-/m1/s1. The van der Waals surface area contributed by atoms with Crippen molar-refractivity contribution in [1.82, 2.24) is 15.2 Å². The average molecular weight is 324 g/mol. The second-order valence-corrected chi connectivity index (χ2v) is 6.96. The molecule has 0 aromatic carbocycles. The summed E-state index contributed by atoms with van der Waals surface area (Å²) in [6.07, 6.45) is 8.66. The molecule has 0 amide bonds. The van der Waals surface area contributed by atoms with Crippen molar-refractivity contribution in [2.24, 2.45) is 5.92 Å². The lowest BCUT2D eigenvalue weighted by Gasteiger charge is -2.29. The van der Waals surface area contributed by atoms with Crippen LogP contribution in [0.2, 0.25) is 0 Å². The van der Waals surface area contributed by atoms with Gasteiger partial charge < -0.3 is 9.64 Å². The van der Waals surface area contributed by atoms with Crippen molar-refractivity contribution in [2.75, 3.05) is 18.1 Å². The fourth-order valence-corrected chi connectivity index (χ4v) is 3.40. The van der Waals surface area contributed by atoms with E-state index in [0.29, 0.717) is 6.04 Å². The molecule has 1 aliphatic heterocycles. The predicted octanol–water partition coefficient (Wildman–Crippen LogP) is 2.80. The van der Waals surface area contributed by atoms with E-state index in [1.807, 2.05) is 31.5 Å². The molecule has 2 aromatic heterocycles. The molecule has 0 radical (unpaired) electrons. The van der Waals surface area contributed by atoms with Crippen LogP contribution >= 0.6 is 0 Å². The number of anilines is 1. The summed E-state index contributed by atoms with van der Waals surface area (Å²) in [4.78, 5) is 6.62. The maximum Gasteiger partial charge on any atom is 0.151 e. The predicted molar refractivity (Wildman–Crippen MR) is 92.9 cm³/mol. The van der Waals surface area contributed by atoms with Gasteiger partial charge in [0, 0.05) is 25.5 Å². The summed E-state index contributed by atoms with van der Waals surface area (Å²) in [5, 5.41) is 8.63. The fourth-order valence-electron chi connectivity index (χ4n) is 3.40. The molecule has 0 N–H and O–H groups in total. The van der Waals surface area contributed by atoms with Crippen LogP contribution in [0.5, 0.6) is 0 Å². The third kappa shape index (κ3) is 3.56. The molecule has 2 fully saturated rings. The number of nitrogens with zero attached hydrogens (tertiary/aromatic N) is 4. The first kappa shape index (κ1) is 15.5. The van der Waals surface area contributed by atoms with Crippen molar-refractivity contribution in [3.05, 3.63) is 47.9 Å². The molecule has 24 heavy (non-hydrogen) atoms. The van der Waals surface area contributed by atoms with Crippen molar-refractivity contribution in [2.45, 2.75) is 44.8 Å². The Morgan fingerprint density at radius 2 is 2.08 bits per heavy atom. The van der Waals surface area contributed by atoms with Gasteiger partial charge in [0.1, 0.15) is 0 Å². The maximum atomic E-state index is 6.28. The van der Waals surface area contributed by atoms with Gasteiger partial charge in [0.2, 0.25) is 0 Å². The zero-order valence-corrected chi connectivity index (χ0v) is 14.1. The zero-order chi connectivity index (χ0) is 16.4. The number of ether oxygens (including phenoxy) is 1. The van der Waals surface area contributed by atoms with Crippen molar-refractivity contribution in [3.8, 4) is 0 Å². The summed E-state index contributed by atoms with van der Waals surface area (Å²) in [6.45, 7) is 3.84. The molecular weight excluding hydrogens is 300 g/mol. The summed E-state index contributed by atoms with van der Waals surface area (Å²) in [7, 11) is 0. The molecule has 0 unspecified atom stereocenters. The fraction of sp³-hybridized carbons (Fsp3) is 0.526. The monoisotopic (exact) mass is 324 g/mol. The number of pyridine rings is 1. The van der Waals surface area contributed by atoms with Crippen LogP contribution in [0.25, 0.3) is 0 Å². The van der Waals surface area contributed by atoms with E-state index in [1.165, 1.54) is 18.4 Å². The second kappa shape index (κ2) is 6.85. The zero-order valence-electron chi connectivity index (χ0n) is 14.1. The normalized spacial score (nSPS) is 23.6. The van der Waals surface area contributed by atoms with Crippen LogP contribution in [-0.2, 0) is 11.2 Å². The Labute approximate surface area is 143 Å². The van der Waals surface area contributed by atoms with Crippen molar-refractivity contribution in [3.63, 3.8) is 0 Å². The Morgan fingerprint density at radius 1 is 1.17 bits per heavy atom. The second-order valence-electron chi connectivity index (χ2n) is 6.96. The first-order valence-electron chi connectivity index (χ1n) is 8.87. The SMILES string of the molecule is Cc1ccc(N2CC[C@@H](OCC3CC3)[C@H]2Cc2cccnc2)nn1. The van der Waals surface area contributed by atoms with Gasteiger partial charge in [-0.2, -0.15) is 5.10 Å². The summed E-state index contributed by atoms with van der Waals surface area (Å²) in [5.74, 6) is 1.74. The van der Waals surface area contributed by atoms with Gasteiger partial charge in [-0.05, 0) is 62.3 Å². The summed E-state index contributed by atoms with van der Waals surface area (Å²) < 4.78 is 6.28. The first-order chi connectivity index (χ1) is 11.8. The van der Waals surface area contributed by atoms with E-state index in [9.17, 15) is 0 Å². The molecule has 1 saturated carbocycles. The van der Waals surface area contributed by atoms with Crippen LogP contribution < -0.4 is 4.90 Å². The number of hydrogen-bond acceptors (Lipinski definition) is 5. The summed E-state index contributed by atoms with van der Waals surface area (Å²) >= 11 is 0. The van der Waals surface area contributed by atoms with Crippen LogP contribution in [0.1, 0.15) is 30.5 Å². The van der Waals surface area contributed by atoms with Crippen LogP contribution in [0, 0.1) is 12.8 Å². The van der Waals surface area contributed by atoms with Crippen molar-refractivity contribution < 1.29 is 4.74 Å². The largest absolute Gasteiger partial charge is 0.376 e. The van der Waals surface area contributed by atoms with Crippen LogP contribution in [-0.4, -0.2) is 40.5 Å². The van der Waals surface area contributed by atoms with Gasteiger partial charge in [0.25, 0.3) is 0 Å². The Morgan fingerprint density at radius 3 is 2.79 bits per heavy atom. The number of rotatable bonds is 6. The molecule has 2 atom stereocenters. The van der Waals surface area contributed by atoms with Crippen molar-refractivity contribution >= 4 is 5.82 Å². The highest BCUT2D eigenvalue weighted by molar-refractivity contribution is 5.41. The Hall–Kier alpha value is -2.01. The minimum absolute atomic E-state index is 0.258. The number of hydrogen-bond donors (Lipinski definition) is 0. The van der Waals surface area contributed by atoms with E-state index < -0.39 is 0 Å². The third-order valence-corrected chi connectivity index (χ3v) is 4.97. The number of aryl methyl sites for hydroxylation is 1. The lowest BCUT2D eigenvalue weighted by atomic mass is 10.0. The molecule has 5 nitrogen and oxygen atoms in total. The van der Waals surface area contributed by atoms with Gasteiger partial charge in [-0.1, -0.05) is 6.07 Å². The molecule has 1 saturated heterocycles. The lowest BCUT2D eigenvalue weighted by molar-refractivity contribution is 0.0407. The molecular formula is C19H24N4O. The van der Waals surface area contributed by atoms with Crippen molar-refractivity contribution in [1.29, 1.82) is 0 Å². The van der Waals surface area contributed by atoms with E-state index in [2.05, 4.69) is 32.2 Å². The van der Waals surface area contributed by atoms with Gasteiger partial charge in [0.15, 0.2) is 5.82 Å². The highest BCUT2D eigenvalue weighted by Gasteiger charge is 2.37. The molecule has 4 rings (SSSR count). The van der Waals surface area contributed by atoms with E-state index in [4.69, 9.17) is 4.74 Å². The van der Waals surface area contributed by atoms with E-state index in [-0.39, 0.29) is 6.10 Å². The van der Waals surface area contributed by atoms with Crippen LogP contribution in [0.3, 0.4) is 0 Å². The van der Waals surface area contributed by atoms with E-state index in [0.717, 1.165) is 43.4 Å². The average Bonchev–Trinajstić information content (AvgIpc) is 3.36. The summed E-state index contributed by atoms with van der Waals surface area (Å²) in [6, 6.07) is 8.54. The smallest absolute Gasteiger partial charge is 0.151 e. The summed E-state index contributed by atoms with van der Waals surface area (Å²) in [5.41, 5.74) is 2.19. The molecule has 2 aliphatic rings.